The molecule has 0 unspecified atom stereocenters. The number of nitrogen functional groups attached to an aromatic ring is 1. The molecule has 0 spiro atoms. The lowest BCUT2D eigenvalue weighted by atomic mass is 9.79. The van der Waals surface area contributed by atoms with Gasteiger partial charge in [-0.25, -0.2) is 43.1 Å². The Kier molecular flexibility index (Phi) is 19.0. The van der Waals surface area contributed by atoms with E-state index >= 15 is 0 Å². The van der Waals surface area contributed by atoms with E-state index in [0.29, 0.717) is 44.1 Å². The van der Waals surface area contributed by atoms with Gasteiger partial charge in [0.05, 0.1) is 39.1 Å². The van der Waals surface area contributed by atoms with E-state index in [9.17, 15) is 13.2 Å². The fourth-order valence-electron chi connectivity index (χ4n) is 10.4. The van der Waals surface area contributed by atoms with E-state index in [4.69, 9.17) is 49.8 Å². The third-order valence-corrected chi connectivity index (χ3v) is 16.8. The topological polar surface area (TPSA) is 141 Å². The van der Waals surface area contributed by atoms with E-state index in [2.05, 4.69) is 157 Å². The van der Waals surface area contributed by atoms with Gasteiger partial charge in [-0.05, 0) is 168 Å². The summed E-state index contributed by atoms with van der Waals surface area (Å²) in [7, 11) is 6.17. The zero-order valence-corrected chi connectivity index (χ0v) is 51.0. The highest BCUT2D eigenvalue weighted by Crippen LogP contribution is 2.37. The zero-order valence-electron chi connectivity index (χ0n) is 48.7. The number of fused-ring (bicyclic) bond motifs is 3. The van der Waals surface area contributed by atoms with Crippen LogP contribution in [0.4, 0.5) is 36.2 Å². The Balaban J connectivity index is 0.000000129. The molecule has 2 N–H and O–H groups in total. The van der Waals surface area contributed by atoms with Crippen molar-refractivity contribution in [2.45, 2.75) is 38.9 Å². The second-order valence-electron chi connectivity index (χ2n) is 22.7. The fourth-order valence-corrected chi connectivity index (χ4v) is 11.0. The first kappa shape index (κ1) is 61.2. The molecule has 0 bridgehead atoms. The van der Waals surface area contributed by atoms with Crippen molar-refractivity contribution >= 4 is 103 Å². The van der Waals surface area contributed by atoms with Gasteiger partial charge in [0.2, 0.25) is 16.5 Å². The lowest BCUT2D eigenvalue weighted by molar-refractivity contribution is 0.00578. The highest BCUT2D eigenvalue weighted by atomic mass is 35.5. The molecule has 0 radical (unpaired) electrons. The molecule has 4 aliphatic heterocycles. The molecule has 13 rings (SSSR count). The van der Waals surface area contributed by atoms with Crippen molar-refractivity contribution in [1.82, 2.24) is 44.6 Å². The van der Waals surface area contributed by atoms with E-state index in [1.54, 1.807) is 12.1 Å². The number of nitrogens with two attached hydrogens (primary N) is 1. The maximum atomic E-state index is 13.7. The monoisotopic (exact) mass is 1210 g/mol. The van der Waals surface area contributed by atoms with Gasteiger partial charge in [0.15, 0.2) is 0 Å². The van der Waals surface area contributed by atoms with E-state index in [1.165, 1.54) is 48.2 Å². The number of rotatable bonds is 6. The van der Waals surface area contributed by atoms with Crippen LogP contribution in [0.2, 0.25) is 15.7 Å². The van der Waals surface area contributed by atoms with E-state index in [1.807, 2.05) is 24.3 Å². The number of hydrogen-bond acceptors (Lipinski definition) is 15. The second kappa shape index (κ2) is 26.4. The minimum absolute atomic E-state index is 0.0594. The molecule has 442 valence electrons. The molecule has 7 heterocycles. The molecule has 0 amide bonds. The summed E-state index contributed by atoms with van der Waals surface area (Å²) in [5.74, 6) is -0.799. The van der Waals surface area contributed by atoms with Crippen LogP contribution >= 0.6 is 34.8 Å². The predicted octanol–water partition coefficient (Wildman–Crippen LogP) is 11.4. The number of halogens is 6. The van der Waals surface area contributed by atoms with Gasteiger partial charge < -0.3 is 44.4 Å². The van der Waals surface area contributed by atoms with Crippen LogP contribution < -0.4 is 25.9 Å². The third-order valence-electron chi connectivity index (χ3n) is 16.1. The zero-order chi connectivity index (χ0) is 60.2. The molecule has 0 saturated carbocycles. The summed E-state index contributed by atoms with van der Waals surface area (Å²) in [6.45, 7) is 20.9. The van der Waals surface area contributed by atoms with Gasteiger partial charge in [0.1, 0.15) is 22.6 Å². The standard InChI is InChI=1S/C19H18ClFN4.C19H20FN5.C17H27BN2O2.C8H3Cl2FN2/c1-24-7-9-25(10-8-24)15-4-2-3-13(11-15)18-16-12-14(21)5-6-17(16)22-19(20)23-18;1-24-7-9-25(10-8-24)15-4-2-3-13(11-15)18-16-12-14(20)5-6-17(16)22-19(21)23-18;1-16(2)17(3,4)22-18(21-16)14-7-6-8-15(13-14)20-11-9-19(5)10-12-20;9-7-5-3-4(11)1-2-6(5)12-8(10)13-7/h2-6,11-12H,7-10H2,1H3;2-6,11-12H,7-10H2,1H3,(H2,21,22,23);6-8,13H,9-12H2,1-5H3;1-3H. The quantitative estimate of drug-likeness (QED) is 0.0958. The Morgan fingerprint density at radius 3 is 1.27 bits per heavy atom. The third kappa shape index (κ3) is 14.8. The summed E-state index contributed by atoms with van der Waals surface area (Å²) in [6, 6.07) is 38.0. The molecule has 22 heteroatoms. The molecule has 85 heavy (non-hydrogen) atoms. The molecule has 4 aliphatic rings. The van der Waals surface area contributed by atoms with Crippen molar-refractivity contribution in [2.24, 2.45) is 0 Å². The first-order valence-electron chi connectivity index (χ1n) is 28.3. The maximum Gasteiger partial charge on any atom is 0.494 e. The van der Waals surface area contributed by atoms with Gasteiger partial charge in [-0.2, -0.15) is 0 Å². The largest absolute Gasteiger partial charge is 0.494 e. The molecule has 15 nitrogen and oxygen atoms in total. The second-order valence-corrected chi connectivity index (χ2v) is 23.7. The Labute approximate surface area is 509 Å². The average Bonchev–Trinajstić information content (AvgIpc) is 3.81. The molecule has 4 saturated heterocycles. The maximum absolute atomic E-state index is 13.7. The first-order valence-corrected chi connectivity index (χ1v) is 29.4. The summed E-state index contributed by atoms with van der Waals surface area (Å²) in [5, 5.41) is 2.19. The van der Waals surface area contributed by atoms with Crippen LogP contribution in [0.5, 0.6) is 0 Å². The summed E-state index contributed by atoms with van der Waals surface area (Å²) >= 11 is 17.4. The van der Waals surface area contributed by atoms with Crippen molar-refractivity contribution in [3.63, 3.8) is 0 Å². The SMILES string of the molecule is CN1CCN(c2cccc(-c3nc(Cl)nc4ccc(F)cc34)c2)CC1.CN1CCN(c2cccc(-c3nc(N)nc4ccc(F)cc34)c2)CC1.CN1CCN(c2cccc(B3OC(C)(C)C(C)(C)O3)c2)CC1.Fc1ccc2nc(Cl)nc(Cl)c2c1. The molecule has 3 aromatic heterocycles. The van der Waals surface area contributed by atoms with Crippen molar-refractivity contribution in [3.05, 3.63) is 161 Å². The Bertz CT molecular complexity index is 3660. The number of nitrogens with zero attached hydrogens (tertiary/aromatic N) is 12. The van der Waals surface area contributed by atoms with Crippen LogP contribution in [0, 0.1) is 17.5 Å². The Morgan fingerprint density at radius 1 is 0.435 bits per heavy atom. The number of piperazine rings is 3. The molecule has 6 aromatic carbocycles. The van der Waals surface area contributed by atoms with Gasteiger partial charge in [0.25, 0.3) is 0 Å². The van der Waals surface area contributed by atoms with Gasteiger partial charge in [-0.3, -0.25) is 0 Å². The van der Waals surface area contributed by atoms with Crippen LogP contribution in [0.15, 0.2) is 127 Å². The van der Waals surface area contributed by atoms with Crippen molar-refractivity contribution in [1.29, 1.82) is 0 Å². The van der Waals surface area contributed by atoms with E-state index < -0.39 is 0 Å². The molecular formula is C63H68BCl3F3N13O2. The minimum Gasteiger partial charge on any atom is -0.399 e. The van der Waals surface area contributed by atoms with Crippen LogP contribution in [0.25, 0.3) is 55.2 Å². The Hall–Kier alpha value is -6.94. The number of aromatic nitrogens is 6. The minimum atomic E-state index is -0.375. The van der Waals surface area contributed by atoms with Crippen molar-refractivity contribution in [3.8, 4) is 22.5 Å². The number of likely N-dealkylation sites (N-methyl/N-ethyl adjacent to an activating group) is 3. The molecular weight excluding hydrogens is 1140 g/mol. The van der Waals surface area contributed by atoms with Crippen LogP contribution in [-0.4, -0.2) is 163 Å². The number of anilines is 4. The van der Waals surface area contributed by atoms with E-state index in [0.717, 1.165) is 107 Å². The highest BCUT2D eigenvalue weighted by Gasteiger charge is 2.51. The van der Waals surface area contributed by atoms with Gasteiger partial charge in [-0.15, -0.1) is 0 Å². The van der Waals surface area contributed by atoms with Gasteiger partial charge in [-0.1, -0.05) is 48.0 Å². The summed E-state index contributed by atoms with van der Waals surface area (Å²) in [4.78, 5) is 38.9. The van der Waals surface area contributed by atoms with E-state index in [-0.39, 0.29) is 57.4 Å². The van der Waals surface area contributed by atoms with Crippen molar-refractivity contribution < 1.29 is 22.5 Å². The van der Waals surface area contributed by atoms with Crippen LogP contribution in [0.3, 0.4) is 0 Å². The van der Waals surface area contributed by atoms with Gasteiger partial charge >= 0.3 is 7.12 Å². The normalized spacial score (nSPS) is 17.3. The van der Waals surface area contributed by atoms with Crippen molar-refractivity contribution in [2.75, 3.05) is 120 Å². The number of hydrogen-bond donors (Lipinski definition) is 1. The highest BCUT2D eigenvalue weighted by molar-refractivity contribution is 6.62. The fraction of sp³-hybridized carbons (Fsp3) is 0.333. The smallest absolute Gasteiger partial charge is 0.399 e. The summed E-state index contributed by atoms with van der Waals surface area (Å²) < 4.78 is 52.6. The molecule has 4 fully saturated rings. The lowest BCUT2D eigenvalue weighted by Crippen LogP contribution is -2.45. The molecule has 0 atom stereocenters. The van der Waals surface area contributed by atoms with Gasteiger partial charge in [0, 0.05) is 123 Å². The lowest BCUT2D eigenvalue weighted by Gasteiger charge is -2.34. The summed E-state index contributed by atoms with van der Waals surface area (Å²) in [5.41, 5.74) is 14.9. The van der Waals surface area contributed by atoms with Crippen LogP contribution in [0.1, 0.15) is 27.7 Å². The Morgan fingerprint density at radius 2 is 0.812 bits per heavy atom. The average molecular weight is 1210 g/mol. The summed E-state index contributed by atoms with van der Waals surface area (Å²) in [6.07, 6.45) is 0. The molecule has 9 aromatic rings. The van der Waals surface area contributed by atoms with Crippen LogP contribution in [-0.2, 0) is 9.31 Å². The molecule has 0 aliphatic carbocycles. The number of benzene rings is 6. The first-order chi connectivity index (χ1) is 40.6. The predicted molar refractivity (Wildman–Crippen MR) is 340 cm³/mol.